The summed E-state index contributed by atoms with van der Waals surface area (Å²) in [5, 5.41) is 10.8. The highest BCUT2D eigenvalue weighted by Gasteiger charge is 2.29. The molecule has 1 fully saturated rings. The van der Waals surface area contributed by atoms with E-state index in [-0.39, 0.29) is 29.7 Å². The highest BCUT2D eigenvalue weighted by molar-refractivity contribution is 14.0. The normalized spacial score (nSPS) is 16.1. The fourth-order valence-corrected chi connectivity index (χ4v) is 4.26. The maximum Gasteiger partial charge on any atom is 0.220 e. The third kappa shape index (κ3) is 5.91. The Morgan fingerprint density at radius 2 is 2.04 bits per heavy atom. The van der Waals surface area contributed by atoms with E-state index < -0.39 is 10.0 Å². The van der Waals surface area contributed by atoms with Gasteiger partial charge in [0.05, 0.1) is 11.4 Å². The molecule has 0 amide bonds. The van der Waals surface area contributed by atoms with Crippen molar-refractivity contribution in [2.75, 3.05) is 32.7 Å². The molecular formula is C16H25IN6O4S. The summed E-state index contributed by atoms with van der Waals surface area (Å²) in [5.74, 6) is 1.28. The molecule has 1 saturated heterocycles. The van der Waals surface area contributed by atoms with E-state index in [1.54, 1.807) is 6.07 Å². The molecule has 156 valence electrons. The van der Waals surface area contributed by atoms with E-state index in [9.17, 15) is 8.42 Å². The largest absolute Gasteiger partial charge is 0.364 e. The predicted octanol–water partition coefficient (Wildman–Crippen LogP) is 1.20. The van der Waals surface area contributed by atoms with Crippen molar-refractivity contribution in [2.24, 2.45) is 4.99 Å². The number of aryl methyl sites for hydroxylation is 1. The number of nitrogens with zero attached hydrogens (tertiary/aromatic N) is 5. The standard InChI is InChI=1S/C16H24N6O4S.HI/c1-3-17-16(18-11-15-10-13(2)19-26-15)21-5-7-22(8-6-21)27(23,24)12-14-4-9-25-20-14;/h4,9-10H,3,5-8,11-12H2,1-2H3,(H,17,18);1H. The van der Waals surface area contributed by atoms with Crippen LogP contribution in [0.15, 0.2) is 32.4 Å². The first kappa shape index (κ1) is 22.6. The lowest BCUT2D eigenvalue weighted by molar-refractivity contribution is 0.259. The Balaban J connectivity index is 0.00000280. The van der Waals surface area contributed by atoms with Crippen LogP contribution in [0.3, 0.4) is 0 Å². The number of halogens is 1. The number of aromatic nitrogens is 2. The van der Waals surface area contributed by atoms with Gasteiger partial charge in [-0.05, 0) is 13.8 Å². The Hall–Kier alpha value is -1.67. The molecular weight excluding hydrogens is 499 g/mol. The lowest BCUT2D eigenvalue weighted by Crippen LogP contribution is -2.53. The van der Waals surface area contributed by atoms with Crippen LogP contribution < -0.4 is 5.32 Å². The number of hydrogen-bond acceptors (Lipinski definition) is 7. The maximum atomic E-state index is 12.5. The Morgan fingerprint density at radius 3 is 2.61 bits per heavy atom. The Morgan fingerprint density at radius 1 is 1.29 bits per heavy atom. The van der Waals surface area contributed by atoms with E-state index in [4.69, 9.17) is 9.05 Å². The summed E-state index contributed by atoms with van der Waals surface area (Å²) in [6, 6.07) is 3.41. The van der Waals surface area contributed by atoms with Gasteiger partial charge in [0.2, 0.25) is 10.0 Å². The van der Waals surface area contributed by atoms with E-state index in [2.05, 4.69) is 25.5 Å². The Labute approximate surface area is 181 Å². The fraction of sp³-hybridized carbons (Fsp3) is 0.562. The second-order valence-electron chi connectivity index (χ2n) is 6.24. The van der Waals surface area contributed by atoms with E-state index >= 15 is 0 Å². The second-order valence-corrected chi connectivity index (χ2v) is 8.21. The van der Waals surface area contributed by atoms with Gasteiger partial charge in [0.1, 0.15) is 18.6 Å². The number of sulfonamides is 1. The quantitative estimate of drug-likeness (QED) is 0.341. The molecule has 2 aromatic heterocycles. The lowest BCUT2D eigenvalue weighted by Gasteiger charge is -2.35. The molecule has 10 nitrogen and oxygen atoms in total. The number of aliphatic imine (C=N–C) groups is 1. The Bertz CT molecular complexity index is 860. The van der Waals surface area contributed by atoms with Gasteiger partial charge in [0.15, 0.2) is 11.7 Å². The van der Waals surface area contributed by atoms with Gasteiger partial charge in [-0.3, -0.25) is 0 Å². The van der Waals surface area contributed by atoms with Gasteiger partial charge in [-0.2, -0.15) is 4.31 Å². The van der Waals surface area contributed by atoms with Gasteiger partial charge in [-0.25, -0.2) is 13.4 Å². The molecule has 0 spiro atoms. The van der Waals surface area contributed by atoms with E-state index in [1.807, 2.05) is 19.9 Å². The van der Waals surface area contributed by atoms with Gasteiger partial charge >= 0.3 is 0 Å². The number of hydrogen-bond donors (Lipinski definition) is 1. The van der Waals surface area contributed by atoms with Gasteiger partial charge in [0, 0.05) is 44.9 Å². The number of rotatable bonds is 6. The van der Waals surface area contributed by atoms with Gasteiger partial charge in [0.25, 0.3) is 0 Å². The van der Waals surface area contributed by atoms with Crippen LogP contribution in [0, 0.1) is 6.92 Å². The van der Waals surface area contributed by atoms with Crippen molar-refractivity contribution < 1.29 is 17.5 Å². The third-order valence-corrected chi connectivity index (χ3v) is 5.96. The summed E-state index contributed by atoms with van der Waals surface area (Å²) in [6.45, 7) is 6.86. The van der Waals surface area contributed by atoms with Crippen molar-refractivity contribution in [3.05, 3.63) is 35.5 Å². The van der Waals surface area contributed by atoms with Crippen LogP contribution in [0.2, 0.25) is 0 Å². The monoisotopic (exact) mass is 524 g/mol. The first-order valence-electron chi connectivity index (χ1n) is 8.80. The first-order valence-corrected chi connectivity index (χ1v) is 10.4. The molecule has 0 aliphatic carbocycles. The molecule has 2 aromatic rings. The molecule has 3 rings (SSSR count). The lowest BCUT2D eigenvalue weighted by atomic mass is 10.3. The summed E-state index contributed by atoms with van der Waals surface area (Å²) in [5.41, 5.74) is 1.23. The van der Waals surface area contributed by atoms with Crippen LogP contribution in [0.4, 0.5) is 0 Å². The molecule has 0 unspecified atom stereocenters. The van der Waals surface area contributed by atoms with Crippen molar-refractivity contribution in [3.8, 4) is 0 Å². The van der Waals surface area contributed by atoms with Crippen LogP contribution in [0.25, 0.3) is 0 Å². The minimum atomic E-state index is -3.42. The highest BCUT2D eigenvalue weighted by Crippen LogP contribution is 2.13. The summed E-state index contributed by atoms with van der Waals surface area (Å²) in [6.07, 6.45) is 1.37. The molecule has 0 atom stereocenters. The number of piperazine rings is 1. The molecule has 0 aromatic carbocycles. The van der Waals surface area contributed by atoms with Crippen LogP contribution in [0.1, 0.15) is 24.1 Å². The third-order valence-electron chi connectivity index (χ3n) is 4.15. The molecule has 12 heteroatoms. The topological polar surface area (TPSA) is 117 Å². The van der Waals surface area contributed by atoms with Crippen molar-refractivity contribution in [1.29, 1.82) is 0 Å². The zero-order valence-corrected chi connectivity index (χ0v) is 19.0. The highest BCUT2D eigenvalue weighted by atomic mass is 127. The summed E-state index contributed by atoms with van der Waals surface area (Å²) < 4.78 is 36.4. The molecule has 0 saturated carbocycles. The van der Waals surface area contributed by atoms with Gasteiger partial charge in [-0.1, -0.05) is 10.3 Å². The minimum Gasteiger partial charge on any atom is -0.364 e. The summed E-state index contributed by atoms with van der Waals surface area (Å²) in [4.78, 5) is 6.63. The van der Waals surface area contributed by atoms with Crippen LogP contribution in [-0.2, 0) is 22.3 Å². The van der Waals surface area contributed by atoms with Crippen molar-refractivity contribution in [2.45, 2.75) is 26.1 Å². The minimum absolute atomic E-state index is 0. The van der Waals surface area contributed by atoms with Crippen molar-refractivity contribution in [1.82, 2.24) is 24.8 Å². The molecule has 0 bridgehead atoms. The molecule has 28 heavy (non-hydrogen) atoms. The average Bonchev–Trinajstić information content (AvgIpc) is 3.30. The van der Waals surface area contributed by atoms with E-state index in [1.165, 1.54) is 10.6 Å². The number of nitrogens with one attached hydrogen (secondary N) is 1. The summed E-state index contributed by atoms with van der Waals surface area (Å²) in [7, 11) is -3.42. The SMILES string of the molecule is CCNC(=NCc1cc(C)no1)N1CCN(S(=O)(=O)Cc2ccon2)CC1.I. The zero-order chi connectivity index (χ0) is 19.3. The maximum absolute atomic E-state index is 12.5. The molecule has 0 radical (unpaired) electrons. The van der Waals surface area contributed by atoms with Crippen LogP contribution in [-0.4, -0.2) is 66.6 Å². The van der Waals surface area contributed by atoms with Crippen LogP contribution in [0.5, 0.6) is 0 Å². The second kappa shape index (κ2) is 10.2. The fourth-order valence-electron chi connectivity index (χ4n) is 2.84. The van der Waals surface area contributed by atoms with E-state index in [0.717, 1.165) is 18.2 Å². The molecule has 1 N–H and O–H groups in total. The molecule has 1 aliphatic heterocycles. The number of guanidine groups is 1. The smallest absolute Gasteiger partial charge is 0.220 e. The van der Waals surface area contributed by atoms with Gasteiger partial charge < -0.3 is 19.3 Å². The Kier molecular flexibility index (Phi) is 8.24. The summed E-state index contributed by atoms with van der Waals surface area (Å²) >= 11 is 0. The predicted molar refractivity (Wildman–Crippen MR) is 114 cm³/mol. The van der Waals surface area contributed by atoms with E-state index in [0.29, 0.717) is 44.2 Å². The average molecular weight is 524 g/mol. The molecule has 3 heterocycles. The zero-order valence-electron chi connectivity index (χ0n) is 15.9. The molecule has 1 aliphatic rings. The van der Waals surface area contributed by atoms with Crippen molar-refractivity contribution in [3.63, 3.8) is 0 Å². The van der Waals surface area contributed by atoms with Gasteiger partial charge in [-0.15, -0.1) is 24.0 Å². The van der Waals surface area contributed by atoms with Crippen molar-refractivity contribution >= 4 is 40.0 Å². The first-order chi connectivity index (χ1) is 13.0. The van der Waals surface area contributed by atoms with Crippen LogP contribution >= 0.6 is 24.0 Å².